The van der Waals surface area contributed by atoms with Crippen LogP contribution in [0, 0.1) is 6.92 Å². The number of carbonyl (C=O) groups is 1. The first-order valence-corrected chi connectivity index (χ1v) is 4.74. The van der Waals surface area contributed by atoms with E-state index < -0.39 is 5.97 Å². The molecule has 0 aromatic carbocycles. The lowest BCUT2D eigenvalue weighted by atomic mass is 10.2. The van der Waals surface area contributed by atoms with Gasteiger partial charge in [-0.2, -0.15) is 0 Å². The summed E-state index contributed by atoms with van der Waals surface area (Å²) in [6.45, 7) is 1.89. The zero-order chi connectivity index (χ0) is 11.2. The first kappa shape index (κ1) is 9.98. The van der Waals surface area contributed by atoms with Crippen molar-refractivity contribution >= 4 is 28.5 Å². The number of nitrogens with zero attached hydrogens (tertiary/aromatic N) is 2. The minimum Gasteiger partial charge on any atom is -0.478 e. The van der Waals surface area contributed by atoms with Gasteiger partial charge in [-0.3, -0.25) is 0 Å². The van der Waals surface area contributed by atoms with Gasteiger partial charge in [-0.05, 0) is 13.0 Å². The number of carboxylic acid groups (broad SMARTS) is 1. The molecule has 1 N–H and O–H groups in total. The summed E-state index contributed by atoms with van der Waals surface area (Å²) in [6.07, 6.45) is 1.28. The molecule has 0 saturated heterocycles. The lowest BCUT2D eigenvalue weighted by Crippen LogP contribution is -2.02. The van der Waals surface area contributed by atoms with Gasteiger partial charge in [0.25, 0.3) is 0 Å². The Hall–Kier alpha value is -1.55. The van der Waals surface area contributed by atoms with E-state index in [2.05, 4.69) is 4.98 Å². The van der Waals surface area contributed by atoms with E-state index in [9.17, 15) is 4.79 Å². The highest BCUT2D eigenvalue weighted by atomic mass is 35.5. The molecule has 0 amide bonds. The molecule has 5 heteroatoms. The molecule has 2 heterocycles. The van der Waals surface area contributed by atoms with Crippen LogP contribution in [0.4, 0.5) is 0 Å². The number of rotatable bonds is 1. The average molecular weight is 225 g/mol. The van der Waals surface area contributed by atoms with E-state index >= 15 is 0 Å². The molecular formula is C10H9ClN2O2. The zero-order valence-electron chi connectivity index (χ0n) is 8.28. The van der Waals surface area contributed by atoms with Crippen LogP contribution in [-0.4, -0.2) is 20.6 Å². The third-order valence-corrected chi connectivity index (χ3v) is 2.79. The summed E-state index contributed by atoms with van der Waals surface area (Å²) in [5.41, 5.74) is 1.73. The fraction of sp³-hybridized carbons (Fsp3) is 0.200. The molecule has 2 aromatic heterocycles. The van der Waals surface area contributed by atoms with Crippen LogP contribution < -0.4 is 0 Å². The standard InChI is InChI=1S/C10H9ClN2O2/c1-5-3-6-8(13(5)2)7(10(14)15)4-12-9(6)11/h3-4H,1-2H3,(H,14,15). The number of fused-ring (bicyclic) bond motifs is 1. The first-order valence-electron chi connectivity index (χ1n) is 4.36. The highest BCUT2D eigenvalue weighted by Gasteiger charge is 2.15. The lowest BCUT2D eigenvalue weighted by molar-refractivity contribution is 0.0698. The van der Waals surface area contributed by atoms with Crippen molar-refractivity contribution in [3.63, 3.8) is 0 Å². The van der Waals surface area contributed by atoms with Gasteiger partial charge in [0.1, 0.15) is 10.7 Å². The molecule has 0 spiro atoms. The average Bonchev–Trinajstić information content (AvgIpc) is 2.46. The Labute approximate surface area is 91.1 Å². The van der Waals surface area contributed by atoms with E-state index in [0.29, 0.717) is 16.1 Å². The number of pyridine rings is 1. The molecular weight excluding hydrogens is 216 g/mol. The minimum absolute atomic E-state index is 0.171. The zero-order valence-corrected chi connectivity index (χ0v) is 9.04. The SMILES string of the molecule is Cc1cc2c(Cl)ncc(C(=O)O)c2n1C. The number of hydrogen-bond donors (Lipinski definition) is 1. The van der Waals surface area contributed by atoms with Gasteiger partial charge in [0.05, 0.1) is 5.52 Å². The molecule has 78 valence electrons. The number of aryl methyl sites for hydroxylation is 2. The van der Waals surface area contributed by atoms with Gasteiger partial charge in [0, 0.05) is 24.3 Å². The van der Waals surface area contributed by atoms with Gasteiger partial charge in [0.15, 0.2) is 0 Å². The largest absolute Gasteiger partial charge is 0.478 e. The number of carboxylic acids is 1. The molecule has 0 aliphatic rings. The highest BCUT2D eigenvalue weighted by molar-refractivity contribution is 6.34. The number of aromatic carboxylic acids is 1. The minimum atomic E-state index is -0.995. The Morgan fingerprint density at radius 1 is 1.60 bits per heavy atom. The van der Waals surface area contributed by atoms with Gasteiger partial charge in [-0.25, -0.2) is 9.78 Å². The Balaban J connectivity index is 2.96. The monoisotopic (exact) mass is 224 g/mol. The summed E-state index contributed by atoms with van der Waals surface area (Å²) in [4.78, 5) is 14.8. The molecule has 15 heavy (non-hydrogen) atoms. The van der Waals surface area contributed by atoms with Crippen molar-refractivity contribution in [2.24, 2.45) is 7.05 Å². The molecule has 0 atom stereocenters. The van der Waals surface area contributed by atoms with Crippen LogP contribution in [-0.2, 0) is 7.05 Å². The molecule has 0 saturated carbocycles. The molecule has 0 radical (unpaired) electrons. The Bertz CT molecular complexity index is 560. The van der Waals surface area contributed by atoms with Crippen molar-refractivity contribution in [3.05, 3.63) is 28.7 Å². The maximum Gasteiger partial charge on any atom is 0.339 e. The molecule has 0 aliphatic heterocycles. The molecule has 0 aliphatic carbocycles. The van der Waals surface area contributed by atoms with Crippen molar-refractivity contribution in [2.45, 2.75) is 6.92 Å². The maximum absolute atomic E-state index is 11.0. The second-order valence-corrected chi connectivity index (χ2v) is 3.73. The van der Waals surface area contributed by atoms with E-state index in [1.807, 2.05) is 13.0 Å². The molecule has 0 fully saturated rings. The molecule has 0 bridgehead atoms. The normalized spacial score (nSPS) is 10.9. The van der Waals surface area contributed by atoms with Gasteiger partial charge in [-0.1, -0.05) is 11.6 Å². The van der Waals surface area contributed by atoms with Crippen molar-refractivity contribution in [1.29, 1.82) is 0 Å². The number of aromatic nitrogens is 2. The van der Waals surface area contributed by atoms with E-state index in [4.69, 9.17) is 16.7 Å². The molecule has 0 unspecified atom stereocenters. The number of hydrogen-bond acceptors (Lipinski definition) is 2. The summed E-state index contributed by atoms with van der Waals surface area (Å²) < 4.78 is 1.80. The van der Waals surface area contributed by atoms with Gasteiger partial charge >= 0.3 is 5.97 Å². The van der Waals surface area contributed by atoms with Crippen LogP contribution in [0.2, 0.25) is 5.15 Å². The van der Waals surface area contributed by atoms with Crippen LogP contribution in [0.15, 0.2) is 12.3 Å². The van der Waals surface area contributed by atoms with E-state index in [1.165, 1.54) is 6.20 Å². The number of halogens is 1. The Kier molecular flexibility index (Phi) is 2.16. The third kappa shape index (κ3) is 1.37. The van der Waals surface area contributed by atoms with Crippen LogP contribution in [0.3, 0.4) is 0 Å². The van der Waals surface area contributed by atoms with E-state index in [0.717, 1.165) is 5.69 Å². The van der Waals surface area contributed by atoms with Crippen LogP contribution in [0.25, 0.3) is 10.9 Å². The smallest absolute Gasteiger partial charge is 0.339 e. The summed E-state index contributed by atoms with van der Waals surface area (Å²) in [5, 5.41) is 10.0. The Morgan fingerprint density at radius 3 is 2.87 bits per heavy atom. The third-order valence-electron chi connectivity index (χ3n) is 2.49. The molecule has 4 nitrogen and oxygen atoms in total. The summed E-state index contributed by atoms with van der Waals surface area (Å²) >= 11 is 5.90. The molecule has 2 aromatic rings. The summed E-state index contributed by atoms with van der Waals surface area (Å²) in [6, 6.07) is 1.83. The second-order valence-electron chi connectivity index (χ2n) is 3.37. The van der Waals surface area contributed by atoms with Crippen LogP contribution >= 0.6 is 11.6 Å². The van der Waals surface area contributed by atoms with Gasteiger partial charge < -0.3 is 9.67 Å². The second kappa shape index (κ2) is 3.24. The van der Waals surface area contributed by atoms with Crippen LogP contribution in [0.5, 0.6) is 0 Å². The van der Waals surface area contributed by atoms with E-state index in [-0.39, 0.29) is 5.56 Å². The first-order chi connectivity index (χ1) is 7.02. The predicted octanol–water partition coefficient (Wildman–Crippen LogP) is 2.23. The predicted molar refractivity (Wildman–Crippen MR) is 57.4 cm³/mol. The van der Waals surface area contributed by atoms with Crippen molar-refractivity contribution < 1.29 is 9.90 Å². The van der Waals surface area contributed by atoms with E-state index in [1.54, 1.807) is 11.6 Å². The molecule has 2 rings (SSSR count). The quantitative estimate of drug-likeness (QED) is 0.756. The maximum atomic E-state index is 11.0. The fourth-order valence-corrected chi connectivity index (χ4v) is 1.82. The van der Waals surface area contributed by atoms with Gasteiger partial charge in [-0.15, -0.1) is 0 Å². The van der Waals surface area contributed by atoms with Crippen LogP contribution in [0.1, 0.15) is 16.1 Å². The topological polar surface area (TPSA) is 55.1 Å². The summed E-state index contributed by atoms with van der Waals surface area (Å²) in [5.74, 6) is -0.995. The van der Waals surface area contributed by atoms with Gasteiger partial charge in [0.2, 0.25) is 0 Å². The van der Waals surface area contributed by atoms with Crippen molar-refractivity contribution in [2.75, 3.05) is 0 Å². The van der Waals surface area contributed by atoms with Crippen molar-refractivity contribution in [3.8, 4) is 0 Å². The van der Waals surface area contributed by atoms with Crippen molar-refractivity contribution in [1.82, 2.24) is 9.55 Å². The lowest BCUT2D eigenvalue weighted by Gasteiger charge is -2.03. The summed E-state index contributed by atoms with van der Waals surface area (Å²) in [7, 11) is 1.81. The fourth-order valence-electron chi connectivity index (χ4n) is 1.62. The Morgan fingerprint density at radius 2 is 2.27 bits per heavy atom. The highest BCUT2D eigenvalue weighted by Crippen LogP contribution is 2.27.